The van der Waals surface area contributed by atoms with Gasteiger partial charge in [-0.3, -0.25) is 9.55 Å². The standard InChI is InChI=1S/C47H37N3O2/c1-2-10-29(11-3-1)32-24-31-21-23-49-46(38(31)25-32)40-27-34(26-39-45-35-13-5-4-12-30(35)17-20-43(45)52-47(39)40)51-33-18-19-37-36-14-6-7-15-41(36)50(42(37)28-33)44-16-8-9-22-48-44/h4-9,12-23,26-29,32H,1-3,10-11,24-25H2. The van der Waals surface area contributed by atoms with Gasteiger partial charge in [-0.1, -0.05) is 86.7 Å². The molecule has 1 fully saturated rings. The maximum Gasteiger partial charge on any atom is 0.145 e. The maximum absolute atomic E-state index is 6.91. The number of aromatic nitrogens is 3. The van der Waals surface area contributed by atoms with E-state index in [1.165, 1.54) is 59.4 Å². The van der Waals surface area contributed by atoms with Crippen LogP contribution in [0.25, 0.3) is 71.6 Å². The van der Waals surface area contributed by atoms with Crippen molar-refractivity contribution in [2.75, 3.05) is 0 Å². The Morgan fingerprint density at radius 1 is 0.615 bits per heavy atom. The number of fused-ring (bicyclic) bond motifs is 9. The van der Waals surface area contributed by atoms with Crippen LogP contribution in [-0.4, -0.2) is 14.5 Å². The molecule has 1 atom stereocenters. The molecule has 4 aromatic heterocycles. The lowest BCUT2D eigenvalue weighted by Crippen LogP contribution is -2.18. The van der Waals surface area contributed by atoms with Crippen LogP contribution in [0, 0.1) is 11.8 Å². The van der Waals surface area contributed by atoms with E-state index < -0.39 is 0 Å². The lowest BCUT2D eigenvalue weighted by molar-refractivity contribution is 0.255. The molecule has 52 heavy (non-hydrogen) atoms. The molecule has 11 rings (SSSR count). The summed E-state index contributed by atoms with van der Waals surface area (Å²) in [7, 11) is 0. The van der Waals surface area contributed by atoms with Crippen LogP contribution >= 0.6 is 0 Å². The zero-order chi connectivity index (χ0) is 34.2. The summed E-state index contributed by atoms with van der Waals surface area (Å²) in [4.78, 5) is 9.85. The van der Waals surface area contributed by atoms with Gasteiger partial charge in [0.2, 0.25) is 0 Å². The normalized spacial score (nSPS) is 16.4. The minimum absolute atomic E-state index is 0.686. The molecule has 5 heteroatoms. The SMILES string of the molecule is c1ccc(-n2c3ccccc3c3ccc(Oc4cc(-c5nccc6c5CC(C5CCCCC5)C6)c5oc6ccc7ccccc7c6c5c4)cc32)nc1. The minimum atomic E-state index is 0.686. The molecule has 0 radical (unpaired) electrons. The highest BCUT2D eigenvalue weighted by atomic mass is 16.5. The number of furan rings is 1. The van der Waals surface area contributed by atoms with Crippen LogP contribution < -0.4 is 4.74 Å². The van der Waals surface area contributed by atoms with E-state index in [0.717, 1.165) is 85.7 Å². The zero-order valence-electron chi connectivity index (χ0n) is 28.9. The summed E-state index contributed by atoms with van der Waals surface area (Å²) in [6.45, 7) is 0. The van der Waals surface area contributed by atoms with Gasteiger partial charge in [0.25, 0.3) is 0 Å². The molecule has 0 N–H and O–H groups in total. The zero-order valence-corrected chi connectivity index (χ0v) is 28.9. The molecule has 5 nitrogen and oxygen atoms in total. The number of hydrogen-bond donors (Lipinski definition) is 0. The summed E-state index contributed by atoms with van der Waals surface area (Å²) < 4.78 is 15.9. The van der Waals surface area contributed by atoms with E-state index in [2.05, 4.69) is 108 Å². The minimum Gasteiger partial charge on any atom is -0.457 e. The Balaban J connectivity index is 1.10. The van der Waals surface area contributed by atoms with E-state index in [4.69, 9.17) is 19.1 Å². The van der Waals surface area contributed by atoms with Crippen LogP contribution in [0.5, 0.6) is 11.5 Å². The van der Waals surface area contributed by atoms with Gasteiger partial charge in [0.1, 0.15) is 28.5 Å². The second-order valence-corrected chi connectivity index (χ2v) is 14.8. The van der Waals surface area contributed by atoms with Crippen LogP contribution in [0.15, 0.2) is 132 Å². The first kappa shape index (κ1) is 29.8. The first-order valence-electron chi connectivity index (χ1n) is 18.7. The highest BCUT2D eigenvalue weighted by Gasteiger charge is 2.32. The van der Waals surface area contributed by atoms with Gasteiger partial charge in [-0.25, -0.2) is 4.98 Å². The highest BCUT2D eigenvalue weighted by Crippen LogP contribution is 2.46. The fourth-order valence-electron chi connectivity index (χ4n) is 9.48. The quantitative estimate of drug-likeness (QED) is 0.182. The average Bonchev–Trinajstić information content (AvgIpc) is 3.90. The fraction of sp³-hybridized carbons (Fsp3) is 0.191. The van der Waals surface area contributed by atoms with Crippen molar-refractivity contribution in [2.45, 2.75) is 44.9 Å². The molecule has 9 aromatic rings. The van der Waals surface area contributed by atoms with Crippen LogP contribution in [0.2, 0.25) is 0 Å². The van der Waals surface area contributed by atoms with E-state index in [1.807, 2.05) is 24.5 Å². The molecule has 1 unspecified atom stereocenters. The molecule has 4 heterocycles. The molecule has 5 aromatic carbocycles. The smallest absolute Gasteiger partial charge is 0.145 e. The Hall–Kier alpha value is -5.94. The Morgan fingerprint density at radius 3 is 2.37 bits per heavy atom. The topological polar surface area (TPSA) is 53.1 Å². The van der Waals surface area contributed by atoms with Gasteiger partial charge in [0.05, 0.1) is 16.7 Å². The summed E-state index contributed by atoms with van der Waals surface area (Å²) >= 11 is 0. The Labute approximate surface area is 301 Å². The van der Waals surface area contributed by atoms with Gasteiger partial charge in [0, 0.05) is 45.6 Å². The molecule has 1 saturated carbocycles. The largest absolute Gasteiger partial charge is 0.457 e. The van der Waals surface area contributed by atoms with Gasteiger partial charge in [-0.15, -0.1) is 0 Å². The van der Waals surface area contributed by atoms with Gasteiger partial charge >= 0.3 is 0 Å². The number of pyridine rings is 2. The van der Waals surface area contributed by atoms with Crippen molar-refractivity contribution < 1.29 is 9.15 Å². The predicted octanol–water partition coefficient (Wildman–Crippen LogP) is 12.4. The maximum atomic E-state index is 6.91. The van der Waals surface area contributed by atoms with E-state index in [-0.39, 0.29) is 0 Å². The average molecular weight is 676 g/mol. The lowest BCUT2D eigenvalue weighted by atomic mass is 9.78. The molecule has 0 bridgehead atoms. The van der Waals surface area contributed by atoms with E-state index in [1.54, 1.807) is 0 Å². The van der Waals surface area contributed by atoms with Crippen molar-refractivity contribution in [3.8, 4) is 28.6 Å². The van der Waals surface area contributed by atoms with Crippen LogP contribution in [0.1, 0.15) is 43.2 Å². The number of hydrogen-bond acceptors (Lipinski definition) is 4. The van der Waals surface area contributed by atoms with Crippen molar-refractivity contribution in [3.63, 3.8) is 0 Å². The number of ether oxygens (including phenoxy) is 1. The Morgan fingerprint density at radius 2 is 1.46 bits per heavy atom. The van der Waals surface area contributed by atoms with Crippen molar-refractivity contribution in [3.05, 3.63) is 139 Å². The number of rotatable bonds is 5. The number of benzene rings is 5. The third-order valence-corrected chi connectivity index (χ3v) is 11.9. The first-order chi connectivity index (χ1) is 25.8. The lowest BCUT2D eigenvalue weighted by Gasteiger charge is -2.27. The molecule has 0 spiro atoms. The fourth-order valence-corrected chi connectivity index (χ4v) is 9.48. The third-order valence-electron chi connectivity index (χ3n) is 11.9. The predicted molar refractivity (Wildman–Crippen MR) is 211 cm³/mol. The van der Waals surface area contributed by atoms with E-state index in [0.29, 0.717) is 5.92 Å². The molecule has 2 aliphatic rings. The van der Waals surface area contributed by atoms with Crippen LogP contribution in [0.4, 0.5) is 0 Å². The van der Waals surface area contributed by atoms with E-state index >= 15 is 0 Å². The van der Waals surface area contributed by atoms with Gasteiger partial charge < -0.3 is 9.15 Å². The molecule has 252 valence electrons. The summed E-state index contributed by atoms with van der Waals surface area (Å²) in [5, 5.41) is 6.86. The highest BCUT2D eigenvalue weighted by molar-refractivity contribution is 6.21. The summed E-state index contributed by atoms with van der Waals surface area (Å²) in [6.07, 6.45) is 12.9. The first-order valence-corrected chi connectivity index (χ1v) is 18.7. The van der Waals surface area contributed by atoms with Gasteiger partial charge in [-0.2, -0.15) is 0 Å². The second kappa shape index (κ2) is 11.8. The van der Waals surface area contributed by atoms with Crippen molar-refractivity contribution in [2.24, 2.45) is 11.8 Å². The van der Waals surface area contributed by atoms with Crippen molar-refractivity contribution in [1.29, 1.82) is 0 Å². The summed E-state index contributed by atoms with van der Waals surface area (Å²) in [5.41, 5.74) is 8.75. The van der Waals surface area contributed by atoms with Gasteiger partial charge in [0.15, 0.2) is 0 Å². The summed E-state index contributed by atoms with van der Waals surface area (Å²) in [6, 6.07) is 40.3. The van der Waals surface area contributed by atoms with Crippen LogP contribution in [0.3, 0.4) is 0 Å². The van der Waals surface area contributed by atoms with Crippen molar-refractivity contribution >= 4 is 54.5 Å². The Bertz CT molecular complexity index is 2830. The molecule has 0 amide bonds. The monoisotopic (exact) mass is 675 g/mol. The van der Waals surface area contributed by atoms with Crippen LogP contribution in [-0.2, 0) is 12.8 Å². The van der Waals surface area contributed by atoms with E-state index in [9.17, 15) is 0 Å². The molecule has 0 saturated heterocycles. The summed E-state index contributed by atoms with van der Waals surface area (Å²) in [5.74, 6) is 3.89. The van der Waals surface area contributed by atoms with Crippen molar-refractivity contribution in [1.82, 2.24) is 14.5 Å². The molecular formula is C47H37N3O2. The molecule has 0 aliphatic heterocycles. The molecular weight excluding hydrogens is 639 g/mol. The number of nitrogens with zero attached hydrogens (tertiary/aromatic N) is 3. The molecule has 2 aliphatic carbocycles. The Kier molecular flexibility index (Phi) is 6.76. The van der Waals surface area contributed by atoms with Gasteiger partial charge in [-0.05, 0) is 101 Å². The third kappa shape index (κ3) is 4.68. The second-order valence-electron chi connectivity index (χ2n) is 14.8. The number of para-hydroxylation sites is 1.